The number of hydrogen-bond donors (Lipinski definition) is 1. The van der Waals surface area contributed by atoms with Crippen LogP contribution in [0.2, 0.25) is 0 Å². The molecule has 2 heteroatoms. The van der Waals surface area contributed by atoms with Gasteiger partial charge in [-0.2, -0.15) is 0 Å². The van der Waals surface area contributed by atoms with Crippen LogP contribution in [-0.2, 0) is 0 Å². The summed E-state index contributed by atoms with van der Waals surface area (Å²) in [4.78, 5) is 2.55. The molecule has 0 aromatic rings. The van der Waals surface area contributed by atoms with Crippen LogP contribution in [0, 0.1) is 5.92 Å². The molecule has 1 aliphatic carbocycles. The SMILES string of the molecule is CC(C)C(N)CCN(C)C1CCCCCC1. The van der Waals surface area contributed by atoms with E-state index >= 15 is 0 Å². The van der Waals surface area contributed by atoms with E-state index in [-0.39, 0.29) is 0 Å². The summed E-state index contributed by atoms with van der Waals surface area (Å²) in [6.07, 6.45) is 9.66. The molecule has 1 fully saturated rings. The molecule has 0 amide bonds. The molecule has 96 valence electrons. The molecule has 1 saturated carbocycles. The number of rotatable bonds is 5. The van der Waals surface area contributed by atoms with Gasteiger partial charge in [-0.1, -0.05) is 39.5 Å². The van der Waals surface area contributed by atoms with Crippen molar-refractivity contribution in [2.45, 2.75) is 70.9 Å². The van der Waals surface area contributed by atoms with Crippen LogP contribution >= 0.6 is 0 Å². The Bertz CT molecular complexity index is 172. The Morgan fingerprint density at radius 3 is 2.19 bits per heavy atom. The minimum Gasteiger partial charge on any atom is -0.327 e. The third-order valence-corrected chi connectivity index (χ3v) is 4.12. The predicted octanol–water partition coefficient (Wildman–Crippen LogP) is 3.01. The second-order valence-corrected chi connectivity index (χ2v) is 5.82. The van der Waals surface area contributed by atoms with Gasteiger partial charge in [0.2, 0.25) is 0 Å². The lowest BCUT2D eigenvalue weighted by Gasteiger charge is -2.28. The second kappa shape index (κ2) is 7.29. The fourth-order valence-electron chi connectivity index (χ4n) is 2.57. The van der Waals surface area contributed by atoms with Crippen molar-refractivity contribution in [2.75, 3.05) is 13.6 Å². The van der Waals surface area contributed by atoms with E-state index < -0.39 is 0 Å². The summed E-state index contributed by atoms with van der Waals surface area (Å²) >= 11 is 0. The highest BCUT2D eigenvalue weighted by atomic mass is 15.1. The lowest BCUT2D eigenvalue weighted by atomic mass is 10.0. The average Bonchev–Trinajstić information content (AvgIpc) is 2.53. The van der Waals surface area contributed by atoms with Gasteiger partial charge in [-0.05, 0) is 38.8 Å². The topological polar surface area (TPSA) is 29.3 Å². The first kappa shape index (κ1) is 14.0. The lowest BCUT2D eigenvalue weighted by Crippen LogP contribution is -2.36. The summed E-state index contributed by atoms with van der Waals surface area (Å²) < 4.78 is 0. The quantitative estimate of drug-likeness (QED) is 0.730. The first-order valence-corrected chi connectivity index (χ1v) is 7.07. The summed E-state index contributed by atoms with van der Waals surface area (Å²) in [5, 5.41) is 0. The van der Waals surface area contributed by atoms with E-state index in [0.29, 0.717) is 12.0 Å². The Hall–Kier alpha value is -0.0800. The number of nitrogens with two attached hydrogens (primary N) is 1. The second-order valence-electron chi connectivity index (χ2n) is 5.82. The van der Waals surface area contributed by atoms with Crippen LogP contribution in [0.3, 0.4) is 0 Å². The van der Waals surface area contributed by atoms with Gasteiger partial charge in [0.15, 0.2) is 0 Å². The van der Waals surface area contributed by atoms with Gasteiger partial charge in [-0.25, -0.2) is 0 Å². The Kier molecular flexibility index (Phi) is 6.37. The average molecular weight is 226 g/mol. The molecule has 1 unspecified atom stereocenters. The van der Waals surface area contributed by atoms with Crippen molar-refractivity contribution in [3.05, 3.63) is 0 Å². The smallest absolute Gasteiger partial charge is 0.00922 e. The zero-order valence-electron chi connectivity index (χ0n) is 11.4. The van der Waals surface area contributed by atoms with Crippen LogP contribution in [0.4, 0.5) is 0 Å². The zero-order valence-corrected chi connectivity index (χ0v) is 11.4. The summed E-state index contributed by atoms with van der Waals surface area (Å²) in [6.45, 7) is 5.61. The van der Waals surface area contributed by atoms with Crippen LogP contribution in [-0.4, -0.2) is 30.6 Å². The molecule has 1 atom stereocenters. The highest BCUT2D eigenvalue weighted by Crippen LogP contribution is 2.21. The predicted molar refractivity (Wildman–Crippen MR) is 71.6 cm³/mol. The van der Waals surface area contributed by atoms with Crippen molar-refractivity contribution in [2.24, 2.45) is 11.7 Å². The van der Waals surface area contributed by atoms with E-state index in [4.69, 9.17) is 5.73 Å². The molecule has 2 nitrogen and oxygen atoms in total. The molecule has 0 spiro atoms. The number of hydrogen-bond acceptors (Lipinski definition) is 2. The van der Waals surface area contributed by atoms with E-state index in [9.17, 15) is 0 Å². The fraction of sp³-hybridized carbons (Fsp3) is 1.00. The maximum Gasteiger partial charge on any atom is 0.00922 e. The molecule has 0 aromatic carbocycles. The molecule has 0 radical (unpaired) electrons. The molecule has 0 bridgehead atoms. The van der Waals surface area contributed by atoms with Crippen molar-refractivity contribution >= 4 is 0 Å². The van der Waals surface area contributed by atoms with Gasteiger partial charge in [0.05, 0.1) is 0 Å². The van der Waals surface area contributed by atoms with E-state index in [1.54, 1.807) is 0 Å². The first-order chi connectivity index (χ1) is 7.61. The minimum absolute atomic E-state index is 0.369. The van der Waals surface area contributed by atoms with Gasteiger partial charge < -0.3 is 10.6 Å². The summed E-state index contributed by atoms with van der Waals surface area (Å²) in [5.41, 5.74) is 6.10. The van der Waals surface area contributed by atoms with Gasteiger partial charge >= 0.3 is 0 Å². The van der Waals surface area contributed by atoms with Crippen molar-refractivity contribution < 1.29 is 0 Å². The molecule has 16 heavy (non-hydrogen) atoms. The Morgan fingerprint density at radius 1 is 1.12 bits per heavy atom. The van der Waals surface area contributed by atoms with Gasteiger partial charge in [0.25, 0.3) is 0 Å². The monoisotopic (exact) mass is 226 g/mol. The molecular formula is C14H30N2. The van der Waals surface area contributed by atoms with E-state index in [1.807, 2.05) is 0 Å². The third-order valence-electron chi connectivity index (χ3n) is 4.12. The molecule has 1 aliphatic rings. The molecule has 2 N–H and O–H groups in total. The van der Waals surface area contributed by atoms with Crippen LogP contribution in [0.25, 0.3) is 0 Å². The molecule has 0 saturated heterocycles. The third kappa shape index (κ3) is 4.84. The van der Waals surface area contributed by atoms with Crippen LogP contribution in [0.15, 0.2) is 0 Å². The zero-order chi connectivity index (χ0) is 12.0. The lowest BCUT2D eigenvalue weighted by molar-refractivity contribution is 0.208. The van der Waals surface area contributed by atoms with E-state index in [0.717, 1.165) is 12.5 Å². The van der Waals surface area contributed by atoms with Crippen LogP contribution in [0.5, 0.6) is 0 Å². The molecular weight excluding hydrogens is 196 g/mol. The maximum absolute atomic E-state index is 6.10. The van der Waals surface area contributed by atoms with Crippen molar-refractivity contribution in [1.29, 1.82) is 0 Å². The maximum atomic E-state index is 6.10. The van der Waals surface area contributed by atoms with Crippen molar-refractivity contribution in [1.82, 2.24) is 4.90 Å². The van der Waals surface area contributed by atoms with Gasteiger partial charge in [0, 0.05) is 12.1 Å². The van der Waals surface area contributed by atoms with Crippen molar-refractivity contribution in [3.63, 3.8) is 0 Å². The van der Waals surface area contributed by atoms with Crippen molar-refractivity contribution in [3.8, 4) is 0 Å². The summed E-state index contributed by atoms with van der Waals surface area (Å²) in [6, 6.07) is 1.19. The van der Waals surface area contributed by atoms with Gasteiger partial charge in [0.1, 0.15) is 0 Å². The highest BCUT2D eigenvalue weighted by molar-refractivity contribution is 4.74. The summed E-state index contributed by atoms with van der Waals surface area (Å²) in [7, 11) is 2.28. The van der Waals surface area contributed by atoms with Gasteiger partial charge in [-0.15, -0.1) is 0 Å². The van der Waals surface area contributed by atoms with E-state index in [1.165, 1.54) is 45.1 Å². The number of nitrogens with zero attached hydrogens (tertiary/aromatic N) is 1. The Balaban J connectivity index is 2.24. The Labute approximate surface area is 102 Å². The Morgan fingerprint density at radius 2 is 1.69 bits per heavy atom. The molecule has 0 aliphatic heterocycles. The van der Waals surface area contributed by atoms with Crippen LogP contribution in [0.1, 0.15) is 58.8 Å². The first-order valence-electron chi connectivity index (χ1n) is 7.07. The molecule has 1 rings (SSSR count). The summed E-state index contributed by atoms with van der Waals surface area (Å²) in [5.74, 6) is 0.613. The molecule has 0 aromatic heterocycles. The van der Waals surface area contributed by atoms with Crippen LogP contribution < -0.4 is 5.73 Å². The van der Waals surface area contributed by atoms with E-state index in [2.05, 4.69) is 25.8 Å². The highest BCUT2D eigenvalue weighted by Gasteiger charge is 2.17. The standard InChI is InChI=1S/C14H30N2/c1-12(2)14(15)10-11-16(3)13-8-6-4-5-7-9-13/h12-14H,4-11,15H2,1-3H3. The minimum atomic E-state index is 0.369. The largest absolute Gasteiger partial charge is 0.327 e. The van der Waals surface area contributed by atoms with Gasteiger partial charge in [-0.3, -0.25) is 0 Å². The fourth-order valence-corrected chi connectivity index (χ4v) is 2.57. The normalized spacial score (nSPS) is 21.4. The molecule has 0 heterocycles.